The number of carboxylic acids is 1. The highest BCUT2D eigenvalue weighted by atomic mass is 32.1. The predicted molar refractivity (Wildman–Crippen MR) is 60.3 cm³/mol. The van der Waals surface area contributed by atoms with Gasteiger partial charge in [-0.3, -0.25) is 9.59 Å². The van der Waals surface area contributed by atoms with Crippen molar-refractivity contribution in [3.05, 3.63) is 16.6 Å². The largest absolute Gasteiger partial charge is 0.481 e. The van der Waals surface area contributed by atoms with Gasteiger partial charge in [-0.1, -0.05) is 6.92 Å². The number of rotatable bonds is 6. The molecular formula is C10H14N2O3S. The lowest BCUT2D eigenvalue weighted by Gasteiger charge is -2.14. The molecule has 1 rings (SSSR count). The number of thiazole rings is 1. The summed E-state index contributed by atoms with van der Waals surface area (Å²) in [6.45, 7) is 1.84. The minimum absolute atomic E-state index is 0.0424. The molecular weight excluding hydrogens is 228 g/mol. The third kappa shape index (κ3) is 4.39. The Bertz CT molecular complexity index is 351. The molecule has 0 aliphatic rings. The molecule has 0 aromatic carbocycles. The molecule has 6 heteroatoms. The van der Waals surface area contributed by atoms with E-state index in [4.69, 9.17) is 5.11 Å². The summed E-state index contributed by atoms with van der Waals surface area (Å²) in [5.41, 5.74) is 2.38. The number of nitrogens with zero attached hydrogens (tertiary/aromatic N) is 1. The van der Waals surface area contributed by atoms with Crippen molar-refractivity contribution in [3.63, 3.8) is 0 Å². The van der Waals surface area contributed by atoms with E-state index in [1.165, 1.54) is 11.3 Å². The highest BCUT2D eigenvalue weighted by Gasteiger charge is 2.14. The fourth-order valence-corrected chi connectivity index (χ4v) is 1.83. The number of aliphatic carboxylic acids is 1. The van der Waals surface area contributed by atoms with Crippen molar-refractivity contribution < 1.29 is 14.7 Å². The number of aromatic nitrogens is 1. The van der Waals surface area contributed by atoms with Crippen LogP contribution in [0.3, 0.4) is 0 Å². The van der Waals surface area contributed by atoms with Crippen LogP contribution < -0.4 is 5.32 Å². The van der Waals surface area contributed by atoms with E-state index in [0.717, 1.165) is 0 Å². The second kappa shape index (κ2) is 6.22. The lowest BCUT2D eigenvalue weighted by Crippen LogP contribution is -2.37. The molecule has 16 heavy (non-hydrogen) atoms. The van der Waals surface area contributed by atoms with Crippen LogP contribution in [-0.2, 0) is 16.0 Å². The standard InChI is InChI=1S/C10H14N2O3S/c1-2-7(4-10(14)15)12-9(13)3-8-5-16-6-11-8/h5-7H,2-4H2,1H3,(H,12,13)(H,14,15). The molecule has 0 saturated heterocycles. The fourth-order valence-electron chi connectivity index (χ4n) is 1.28. The Balaban J connectivity index is 2.40. The molecule has 0 saturated carbocycles. The van der Waals surface area contributed by atoms with Gasteiger partial charge in [0.1, 0.15) is 0 Å². The van der Waals surface area contributed by atoms with Crippen LogP contribution in [0, 0.1) is 0 Å². The van der Waals surface area contributed by atoms with Crippen molar-refractivity contribution in [2.45, 2.75) is 32.2 Å². The summed E-state index contributed by atoms with van der Waals surface area (Å²) >= 11 is 1.43. The summed E-state index contributed by atoms with van der Waals surface area (Å²) < 4.78 is 0. The number of carbonyl (C=O) groups excluding carboxylic acids is 1. The van der Waals surface area contributed by atoms with Gasteiger partial charge in [0, 0.05) is 11.4 Å². The zero-order valence-corrected chi connectivity index (χ0v) is 9.79. The van der Waals surface area contributed by atoms with Crippen LogP contribution in [0.4, 0.5) is 0 Å². The number of nitrogens with one attached hydrogen (secondary N) is 1. The topological polar surface area (TPSA) is 79.3 Å². The SMILES string of the molecule is CCC(CC(=O)O)NC(=O)Cc1cscn1. The molecule has 1 atom stereocenters. The molecule has 0 radical (unpaired) electrons. The summed E-state index contributed by atoms with van der Waals surface area (Å²) in [4.78, 5) is 26.0. The summed E-state index contributed by atoms with van der Waals surface area (Å²) in [6, 6.07) is -0.302. The third-order valence-corrected chi connectivity index (χ3v) is 2.74. The number of carboxylic acid groups (broad SMARTS) is 1. The number of amides is 1. The van der Waals surface area contributed by atoms with Gasteiger partial charge in [-0.25, -0.2) is 4.98 Å². The molecule has 5 nitrogen and oxygen atoms in total. The van der Waals surface area contributed by atoms with Crippen molar-refractivity contribution in [3.8, 4) is 0 Å². The van der Waals surface area contributed by atoms with Gasteiger partial charge < -0.3 is 10.4 Å². The lowest BCUT2D eigenvalue weighted by atomic mass is 10.1. The molecule has 1 amide bonds. The molecule has 0 aliphatic heterocycles. The first-order chi connectivity index (χ1) is 7.61. The molecule has 0 aliphatic carbocycles. The quantitative estimate of drug-likeness (QED) is 0.781. The summed E-state index contributed by atoms with van der Waals surface area (Å²) in [5, 5.41) is 13.1. The van der Waals surface area contributed by atoms with Crippen molar-refractivity contribution in [2.24, 2.45) is 0 Å². The van der Waals surface area contributed by atoms with Crippen LogP contribution in [-0.4, -0.2) is 28.0 Å². The van der Waals surface area contributed by atoms with Crippen LogP contribution >= 0.6 is 11.3 Å². The minimum Gasteiger partial charge on any atom is -0.481 e. The predicted octanol–water partition coefficient (Wildman–Crippen LogP) is 1.06. The van der Waals surface area contributed by atoms with Gasteiger partial charge in [0.25, 0.3) is 0 Å². The van der Waals surface area contributed by atoms with E-state index in [9.17, 15) is 9.59 Å². The molecule has 0 spiro atoms. The summed E-state index contributed by atoms with van der Waals surface area (Å²) in [6.07, 6.45) is 0.772. The maximum absolute atomic E-state index is 11.5. The van der Waals surface area contributed by atoms with Crippen molar-refractivity contribution >= 4 is 23.2 Å². The normalized spacial score (nSPS) is 12.1. The van der Waals surface area contributed by atoms with E-state index < -0.39 is 5.97 Å². The van der Waals surface area contributed by atoms with Gasteiger partial charge in [-0.2, -0.15) is 0 Å². The average Bonchev–Trinajstić information content (AvgIpc) is 2.68. The monoisotopic (exact) mass is 242 g/mol. The summed E-state index contributed by atoms with van der Waals surface area (Å²) in [5.74, 6) is -1.08. The van der Waals surface area contributed by atoms with Gasteiger partial charge in [0.05, 0.1) is 24.0 Å². The zero-order chi connectivity index (χ0) is 12.0. The smallest absolute Gasteiger partial charge is 0.305 e. The maximum atomic E-state index is 11.5. The van der Waals surface area contributed by atoms with E-state index in [-0.39, 0.29) is 24.8 Å². The molecule has 1 heterocycles. The molecule has 1 aromatic heterocycles. The van der Waals surface area contributed by atoms with Crippen molar-refractivity contribution in [1.29, 1.82) is 0 Å². The van der Waals surface area contributed by atoms with Crippen LogP contribution in [0.2, 0.25) is 0 Å². The van der Waals surface area contributed by atoms with Crippen molar-refractivity contribution in [1.82, 2.24) is 10.3 Å². The first-order valence-corrected chi connectivity index (χ1v) is 5.94. The first-order valence-electron chi connectivity index (χ1n) is 5.00. The van der Waals surface area contributed by atoms with Gasteiger partial charge in [0.15, 0.2) is 0 Å². The lowest BCUT2D eigenvalue weighted by molar-refractivity contribution is -0.137. The van der Waals surface area contributed by atoms with Gasteiger partial charge in [0.2, 0.25) is 5.91 Å². The Labute approximate surface area is 97.5 Å². The number of hydrogen-bond donors (Lipinski definition) is 2. The Morgan fingerprint density at radius 3 is 2.88 bits per heavy atom. The molecule has 1 aromatic rings. The highest BCUT2D eigenvalue weighted by Crippen LogP contribution is 2.03. The van der Waals surface area contributed by atoms with Crippen LogP contribution in [0.15, 0.2) is 10.9 Å². The number of hydrogen-bond acceptors (Lipinski definition) is 4. The Hall–Kier alpha value is -1.43. The van der Waals surface area contributed by atoms with E-state index in [2.05, 4.69) is 10.3 Å². The second-order valence-electron chi connectivity index (χ2n) is 3.43. The Kier molecular flexibility index (Phi) is 4.91. The van der Waals surface area contributed by atoms with Gasteiger partial charge in [-0.15, -0.1) is 11.3 Å². The van der Waals surface area contributed by atoms with Gasteiger partial charge in [-0.05, 0) is 6.42 Å². The van der Waals surface area contributed by atoms with Gasteiger partial charge >= 0.3 is 5.97 Å². The average molecular weight is 242 g/mol. The zero-order valence-electron chi connectivity index (χ0n) is 8.97. The first kappa shape index (κ1) is 12.6. The highest BCUT2D eigenvalue weighted by molar-refractivity contribution is 7.07. The van der Waals surface area contributed by atoms with E-state index in [0.29, 0.717) is 12.1 Å². The van der Waals surface area contributed by atoms with Crippen LogP contribution in [0.25, 0.3) is 0 Å². The van der Waals surface area contributed by atoms with E-state index in [1.807, 2.05) is 6.92 Å². The fraction of sp³-hybridized carbons (Fsp3) is 0.500. The number of carbonyl (C=O) groups is 2. The van der Waals surface area contributed by atoms with Crippen LogP contribution in [0.1, 0.15) is 25.5 Å². The Morgan fingerprint density at radius 2 is 2.38 bits per heavy atom. The van der Waals surface area contributed by atoms with E-state index >= 15 is 0 Å². The molecule has 1 unspecified atom stereocenters. The van der Waals surface area contributed by atoms with E-state index in [1.54, 1.807) is 10.9 Å². The molecule has 88 valence electrons. The summed E-state index contributed by atoms with van der Waals surface area (Å²) in [7, 11) is 0. The van der Waals surface area contributed by atoms with Crippen molar-refractivity contribution in [2.75, 3.05) is 0 Å². The molecule has 2 N–H and O–H groups in total. The second-order valence-corrected chi connectivity index (χ2v) is 4.15. The minimum atomic E-state index is -0.902. The van der Waals surface area contributed by atoms with Crippen LogP contribution in [0.5, 0.6) is 0 Å². The molecule has 0 bridgehead atoms. The third-order valence-electron chi connectivity index (χ3n) is 2.10. The Morgan fingerprint density at radius 1 is 1.62 bits per heavy atom. The molecule has 0 fully saturated rings. The maximum Gasteiger partial charge on any atom is 0.305 e.